The third-order valence-corrected chi connectivity index (χ3v) is 2.92. The molecule has 0 radical (unpaired) electrons. The number of hydrogen-bond acceptors (Lipinski definition) is 2. The molecular weight excluding hydrogens is 256 g/mol. The van der Waals surface area contributed by atoms with Crippen molar-refractivity contribution in [3.63, 3.8) is 0 Å². The first kappa shape index (κ1) is 14.2. The minimum Gasteiger partial charge on any atom is -0.383 e. The summed E-state index contributed by atoms with van der Waals surface area (Å²) in [5.74, 6) is 0. The molecule has 0 saturated heterocycles. The lowest BCUT2D eigenvalue weighted by Crippen LogP contribution is -2.38. The Morgan fingerprint density at radius 2 is 2.18 bits per heavy atom. The van der Waals surface area contributed by atoms with Crippen LogP contribution in [-0.2, 0) is 4.74 Å². The quantitative estimate of drug-likeness (QED) is 0.637. The third kappa shape index (κ3) is 4.89. The highest BCUT2D eigenvalue weighted by Gasteiger charge is 2.09. The second-order valence-corrected chi connectivity index (χ2v) is 4.45. The van der Waals surface area contributed by atoms with Gasteiger partial charge in [0.15, 0.2) is 5.11 Å². The maximum atomic E-state index is 6.11. The SMILES string of the molecule is COCCNC(=S)NC(C)c1ccccc1Cl. The molecule has 1 aromatic carbocycles. The fraction of sp³-hybridized carbons (Fsp3) is 0.417. The second kappa shape index (κ2) is 7.48. The lowest BCUT2D eigenvalue weighted by molar-refractivity contribution is 0.204. The predicted molar refractivity (Wildman–Crippen MR) is 75.5 cm³/mol. The van der Waals surface area contributed by atoms with Gasteiger partial charge in [0.2, 0.25) is 0 Å². The van der Waals surface area contributed by atoms with Crippen LogP contribution in [0.15, 0.2) is 24.3 Å². The van der Waals surface area contributed by atoms with E-state index in [4.69, 9.17) is 28.6 Å². The highest BCUT2D eigenvalue weighted by molar-refractivity contribution is 7.80. The summed E-state index contributed by atoms with van der Waals surface area (Å²) in [5.41, 5.74) is 1.03. The molecule has 17 heavy (non-hydrogen) atoms. The maximum absolute atomic E-state index is 6.11. The van der Waals surface area contributed by atoms with E-state index in [1.54, 1.807) is 7.11 Å². The van der Waals surface area contributed by atoms with Crippen LogP contribution in [0.25, 0.3) is 0 Å². The Morgan fingerprint density at radius 1 is 1.47 bits per heavy atom. The molecule has 3 nitrogen and oxygen atoms in total. The molecule has 2 N–H and O–H groups in total. The molecule has 1 unspecified atom stereocenters. The number of ether oxygens (including phenoxy) is 1. The van der Waals surface area contributed by atoms with Crippen LogP contribution in [0.4, 0.5) is 0 Å². The Hall–Kier alpha value is -0.840. The summed E-state index contributed by atoms with van der Waals surface area (Å²) in [6.45, 7) is 3.34. The van der Waals surface area contributed by atoms with Crippen LogP contribution in [0.5, 0.6) is 0 Å². The summed E-state index contributed by atoms with van der Waals surface area (Å²) in [5, 5.41) is 7.58. The fourth-order valence-electron chi connectivity index (χ4n) is 1.42. The molecule has 0 aliphatic heterocycles. The number of benzene rings is 1. The molecule has 5 heteroatoms. The summed E-state index contributed by atoms with van der Waals surface area (Å²) >= 11 is 11.3. The molecule has 0 bridgehead atoms. The van der Waals surface area contributed by atoms with Crippen LogP contribution in [-0.4, -0.2) is 25.4 Å². The second-order valence-electron chi connectivity index (χ2n) is 3.64. The molecule has 1 rings (SSSR count). The first-order valence-electron chi connectivity index (χ1n) is 5.43. The van der Waals surface area contributed by atoms with Crippen molar-refractivity contribution in [2.75, 3.05) is 20.3 Å². The Morgan fingerprint density at radius 3 is 2.82 bits per heavy atom. The Bertz CT molecular complexity index is 373. The van der Waals surface area contributed by atoms with Crippen LogP contribution >= 0.6 is 23.8 Å². The monoisotopic (exact) mass is 272 g/mol. The number of hydrogen-bond donors (Lipinski definition) is 2. The van der Waals surface area contributed by atoms with Gasteiger partial charge in [-0.05, 0) is 30.8 Å². The molecule has 0 aliphatic carbocycles. The van der Waals surface area contributed by atoms with E-state index in [0.29, 0.717) is 18.3 Å². The van der Waals surface area contributed by atoms with Gasteiger partial charge in [-0.1, -0.05) is 29.8 Å². The van der Waals surface area contributed by atoms with E-state index in [1.807, 2.05) is 31.2 Å². The van der Waals surface area contributed by atoms with Gasteiger partial charge in [-0.2, -0.15) is 0 Å². The van der Waals surface area contributed by atoms with E-state index in [1.165, 1.54) is 0 Å². The first-order chi connectivity index (χ1) is 8.15. The van der Waals surface area contributed by atoms with Gasteiger partial charge in [0, 0.05) is 18.7 Å². The van der Waals surface area contributed by atoms with Gasteiger partial charge in [-0.3, -0.25) is 0 Å². The Labute approximate surface area is 112 Å². The molecule has 0 amide bonds. The molecule has 0 fully saturated rings. The van der Waals surface area contributed by atoms with Crippen LogP contribution in [0.1, 0.15) is 18.5 Å². The topological polar surface area (TPSA) is 33.3 Å². The van der Waals surface area contributed by atoms with Crippen LogP contribution in [0.3, 0.4) is 0 Å². The van der Waals surface area contributed by atoms with Crippen molar-refractivity contribution in [2.24, 2.45) is 0 Å². The number of nitrogens with one attached hydrogen (secondary N) is 2. The number of methoxy groups -OCH3 is 1. The van der Waals surface area contributed by atoms with Crippen molar-refractivity contribution < 1.29 is 4.74 Å². The zero-order valence-electron chi connectivity index (χ0n) is 10.00. The lowest BCUT2D eigenvalue weighted by Gasteiger charge is -2.18. The maximum Gasteiger partial charge on any atom is 0.166 e. The van der Waals surface area contributed by atoms with E-state index in [2.05, 4.69) is 10.6 Å². The van der Waals surface area contributed by atoms with Crippen molar-refractivity contribution in [3.05, 3.63) is 34.9 Å². The third-order valence-electron chi connectivity index (χ3n) is 2.31. The van der Waals surface area contributed by atoms with E-state index in [9.17, 15) is 0 Å². The Kier molecular flexibility index (Phi) is 6.26. The van der Waals surface area contributed by atoms with Crippen molar-refractivity contribution >= 4 is 28.9 Å². The first-order valence-corrected chi connectivity index (χ1v) is 6.21. The minimum atomic E-state index is 0.0752. The minimum absolute atomic E-state index is 0.0752. The number of thiocarbonyl (C=S) groups is 1. The van der Waals surface area contributed by atoms with E-state index >= 15 is 0 Å². The Balaban J connectivity index is 2.46. The molecule has 0 spiro atoms. The highest BCUT2D eigenvalue weighted by Crippen LogP contribution is 2.21. The predicted octanol–water partition coefficient (Wildman–Crippen LogP) is 2.51. The lowest BCUT2D eigenvalue weighted by atomic mass is 10.1. The number of halogens is 1. The van der Waals surface area contributed by atoms with Crippen LogP contribution in [0.2, 0.25) is 5.02 Å². The van der Waals surface area contributed by atoms with Gasteiger partial charge in [-0.15, -0.1) is 0 Å². The van der Waals surface area contributed by atoms with Gasteiger partial charge < -0.3 is 15.4 Å². The smallest absolute Gasteiger partial charge is 0.166 e. The molecule has 1 atom stereocenters. The van der Waals surface area contributed by atoms with E-state index in [-0.39, 0.29) is 6.04 Å². The van der Waals surface area contributed by atoms with E-state index < -0.39 is 0 Å². The molecule has 0 saturated carbocycles. The molecular formula is C12H17ClN2OS. The summed E-state index contributed by atoms with van der Waals surface area (Å²) in [7, 11) is 1.66. The normalized spacial score (nSPS) is 11.9. The van der Waals surface area contributed by atoms with Crippen molar-refractivity contribution in [1.82, 2.24) is 10.6 Å². The fourth-order valence-corrected chi connectivity index (χ4v) is 2.00. The van der Waals surface area contributed by atoms with Crippen molar-refractivity contribution in [2.45, 2.75) is 13.0 Å². The zero-order valence-corrected chi connectivity index (χ0v) is 11.6. The van der Waals surface area contributed by atoms with Gasteiger partial charge in [0.25, 0.3) is 0 Å². The van der Waals surface area contributed by atoms with Crippen molar-refractivity contribution in [3.8, 4) is 0 Å². The standard InChI is InChI=1S/C12H17ClN2OS/c1-9(10-5-3-4-6-11(10)13)15-12(17)14-7-8-16-2/h3-6,9H,7-8H2,1-2H3,(H2,14,15,17). The van der Waals surface area contributed by atoms with Gasteiger partial charge >= 0.3 is 0 Å². The highest BCUT2D eigenvalue weighted by atomic mass is 35.5. The molecule has 0 heterocycles. The van der Waals surface area contributed by atoms with Gasteiger partial charge in [-0.25, -0.2) is 0 Å². The summed E-state index contributed by atoms with van der Waals surface area (Å²) in [4.78, 5) is 0. The summed E-state index contributed by atoms with van der Waals surface area (Å²) in [6, 6.07) is 7.80. The average molecular weight is 273 g/mol. The summed E-state index contributed by atoms with van der Waals surface area (Å²) < 4.78 is 4.93. The van der Waals surface area contributed by atoms with Gasteiger partial charge in [0.05, 0.1) is 12.6 Å². The molecule has 94 valence electrons. The molecule has 0 aromatic heterocycles. The van der Waals surface area contributed by atoms with Crippen molar-refractivity contribution in [1.29, 1.82) is 0 Å². The van der Waals surface area contributed by atoms with Crippen LogP contribution < -0.4 is 10.6 Å². The average Bonchev–Trinajstić information content (AvgIpc) is 2.29. The zero-order chi connectivity index (χ0) is 12.7. The molecule has 0 aliphatic rings. The molecule has 1 aromatic rings. The van der Waals surface area contributed by atoms with Gasteiger partial charge in [0.1, 0.15) is 0 Å². The number of rotatable bonds is 5. The largest absolute Gasteiger partial charge is 0.383 e. The van der Waals surface area contributed by atoms with Crippen LogP contribution in [0, 0.1) is 0 Å². The summed E-state index contributed by atoms with van der Waals surface area (Å²) in [6.07, 6.45) is 0. The van der Waals surface area contributed by atoms with E-state index in [0.717, 1.165) is 10.6 Å².